The first-order chi connectivity index (χ1) is 20.6. The van der Waals surface area contributed by atoms with Crippen LogP contribution in [0.2, 0.25) is 0 Å². The molecule has 0 bridgehead atoms. The van der Waals surface area contributed by atoms with Crippen molar-refractivity contribution < 1.29 is 18.0 Å². The van der Waals surface area contributed by atoms with Crippen molar-refractivity contribution in [3.8, 4) is 0 Å². The number of anilines is 2. The molecular formula is C33H48N4O4S2. The highest BCUT2D eigenvalue weighted by atomic mass is 32.2. The van der Waals surface area contributed by atoms with Gasteiger partial charge in [0.05, 0.1) is 16.3 Å². The molecule has 0 aromatic heterocycles. The smallest absolute Gasteiger partial charge is 0.264 e. The van der Waals surface area contributed by atoms with E-state index < -0.39 is 22.0 Å². The highest BCUT2D eigenvalue weighted by Gasteiger charge is 2.29. The summed E-state index contributed by atoms with van der Waals surface area (Å²) in [6.45, 7) is 5.36. The molecule has 2 fully saturated rings. The topological polar surface area (TPSA) is 108 Å². The minimum absolute atomic E-state index is 0.0386. The number of hydrogen-bond acceptors (Lipinski definition) is 7. The highest BCUT2D eigenvalue weighted by molar-refractivity contribution is 7.99. The maximum Gasteiger partial charge on any atom is 0.264 e. The van der Waals surface area contributed by atoms with E-state index >= 15 is 0 Å². The number of amides is 2. The summed E-state index contributed by atoms with van der Waals surface area (Å²) in [5, 5.41) is 6.88. The molecule has 3 N–H and O–H groups in total. The molecule has 1 atom stereocenters. The monoisotopic (exact) mass is 628 g/mol. The van der Waals surface area contributed by atoms with Crippen LogP contribution in [0.25, 0.3) is 0 Å². The lowest BCUT2D eigenvalue weighted by Crippen LogP contribution is -2.45. The van der Waals surface area contributed by atoms with Crippen LogP contribution in [0.15, 0.2) is 53.4 Å². The van der Waals surface area contributed by atoms with Crippen LogP contribution in [0.1, 0.15) is 82.0 Å². The first-order valence-electron chi connectivity index (χ1n) is 15.7. The number of rotatable bonds is 13. The molecule has 1 heterocycles. The van der Waals surface area contributed by atoms with Crippen molar-refractivity contribution in [1.29, 1.82) is 0 Å². The van der Waals surface area contributed by atoms with E-state index in [9.17, 15) is 18.0 Å². The molecule has 1 aliphatic heterocycles. The Bertz CT molecular complexity index is 1310. The van der Waals surface area contributed by atoms with E-state index in [0.717, 1.165) is 80.8 Å². The lowest BCUT2D eigenvalue weighted by atomic mass is 9.82. The van der Waals surface area contributed by atoms with Crippen LogP contribution in [0.4, 0.5) is 11.4 Å². The summed E-state index contributed by atoms with van der Waals surface area (Å²) >= 11 is 1.98. The standard InChI is InChI=1S/C33H48N4O4S2/c1-24(2)16-19-37(3)31-15-14-26(22-30(31)34-27-17-20-42-21-18-27)33(39)35-29(25-10-6-4-7-11-25)23-32(38)36-43(40,41)28-12-8-5-9-13-28/h5,8-9,12-15,22,24-25,27,29,34H,4,6-7,10-11,16-21,23H2,1-3H3,(H,35,39)(H,36,38). The Morgan fingerprint density at radius 2 is 1.67 bits per heavy atom. The van der Waals surface area contributed by atoms with Crippen LogP contribution >= 0.6 is 11.8 Å². The predicted molar refractivity (Wildman–Crippen MR) is 177 cm³/mol. The summed E-state index contributed by atoms with van der Waals surface area (Å²) in [5.41, 5.74) is 2.56. The fourth-order valence-electron chi connectivity index (χ4n) is 5.93. The molecule has 4 rings (SSSR count). The molecule has 10 heteroatoms. The lowest BCUT2D eigenvalue weighted by molar-refractivity contribution is -0.120. The Morgan fingerprint density at radius 1 is 0.977 bits per heavy atom. The summed E-state index contributed by atoms with van der Waals surface area (Å²) in [4.78, 5) is 29.1. The summed E-state index contributed by atoms with van der Waals surface area (Å²) in [6.07, 6.45) is 8.14. The van der Waals surface area contributed by atoms with Gasteiger partial charge in [0.1, 0.15) is 0 Å². The molecular weight excluding hydrogens is 581 g/mol. The number of carbonyl (C=O) groups is 2. The van der Waals surface area contributed by atoms with Gasteiger partial charge in [-0.2, -0.15) is 11.8 Å². The van der Waals surface area contributed by atoms with Gasteiger partial charge in [-0.15, -0.1) is 0 Å². The molecule has 1 saturated carbocycles. The third-order valence-electron chi connectivity index (χ3n) is 8.54. The molecule has 8 nitrogen and oxygen atoms in total. The van der Waals surface area contributed by atoms with Gasteiger partial charge in [0.25, 0.3) is 15.9 Å². The van der Waals surface area contributed by atoms with Gasteiger partial charge in [-0.3, -0.25) is 9.59 Å². The van der Waals surface area contributed by atoms with Crippen LogP contribution < -0.4 is 20.3 Å². The summed E-state index contributed by atoms with van der Waals surface area (Å²) in [7, 11) is -1.89. The molecule has 1 unspecified atom stereocenters. The van der Waals surface area contributed by atoms with E-state index in [2.05, 4.69) is 41.2 Å². The van der Waals surface area contributed by atoms with Gasteiger partial charge in [0.15, 0.2) is 0 Å². The van der Waals surface area contributed by atoms with Crippen LogP contribution in [0.3, 0.4) is 0 Å². The first-order valence-corrected chi connectivity index (χ1v) is 18.4. The van der Waals surface area contributed by atoms with Gasteiger partial charge in [-0.05, 0) is 85.8 Å². The van der Waals surface area contributed by atoms with Crippen molar-refractivity contribution in [2.45, 2.75) is 88.6 Å². The molecule has 2 aromatic rings. The van der Waals surface area contributed by atoms with Gasteiger partial charge in [-0.25, -0.2) is 13.1 Å². The normalized spacial score (nSPS) is 17.3. The van der Waals surface area contributed by atoms with Crippen LogP contribution in [0.5, 0.6) is 0 Å². The van der Waals surface area contributed by atoms with Crippen molar-refractivity contribution in [2.75, 3.05) is 35.3 Å². The fraction of sp³-hybridized carbons (Fsp3) is 0.576. The van der Waals surface area contributed by atoms with E-state index in [1.807, 2.05) is 30.0 Å². The van der Waals surface area contributed by atoms with Gasteiger partial charge in [-0.1, -0.05) is 51.3 Å². The Kier molecular flexibility index (Phi) is 12.2. The summed E-state index contributed by atoms with van der Waals surface area (Å²) in [6, 6.07) is 13.6. The molecule has 236 valence electrons. The SMILES string of the molecule is CC(C)CCN(C)c1ccc(C(=O)NC(CC(=O)NS(=O)(=O)c2ccccc2)C2CCCCC2)cc1NC1CCSCC1. The maximum absolute atomic E-state index is 13.7. The zero-order chi connectivity index (χ0) is 30.8. The van der Waals surface area contributed by atoms with Gasteiger partial charge >= 0.3 is 0 Å². The van der Waals surface area contributed by atoms with E-state index in [0.29, 0.717) is 17.5 Å². The quantitative estimate of drug-likeness (QED) is 0.248. The molecule has 0 spiro atoms. The van der Waals surface area contributed by atoms with Crippen LogP contribution in [0, 0.1) is 11.8 Å². The largest absolute Gasteiger partial charge is 0.381 e. The number of nitrogens with zero attached hydrogens (tertiary/aromatic N) is 1. The summed E-state index contributed by atoms with van der Waals surface area (Å²) in [5.74, 6) is 2.10. The van der Waals surface area contributed by atoms with Crippen molar-refractivity contribution >= 4 is 45.0 Å². The molecule has 1 saturated heterocycles. The average Bonchev–Trinajstić information content (AvgIpc) is 3.00. The molecule has 1 aliphatic carbocycles. The number of benzene rings is 2. The molecule has 2 amide bonds. The minimum Gasteiger partial charge on any atom is -0.381 e. The summed E-state index contributed by atoms with van der Waals surface area (Å²) < 4.78 is 27.8. The van der Waals surface area contributed by atoms with Crippen molar-refractivity contribution in [3.63, 3.8) is 0 Å². The second-order valence-electron chi connectivity index (χ2n) is 12.4. The van der Waals surface area contributed by atoms with Gasteiger partial charge in [0, 0.05) is 37.7 Å². The first kappa shape index (κ1) is 33.2. The Labute approximate surface area is 262 Å². The van der Waals surface area contributed by atoms with Crippen molar-refractivity contribution in [2.24, 2.45) is 11.8 Å². The average molecular weight is 629 g/mol. The Balaban J connectivity index is 1.52. The van der Waals surface area contributed by atoms with E-state index in [4.69, 9.17) is 0 Å². The number of carbonyl (C=O) groups excluding carboxylic acids is 2. The van der Waals surface area contributed by atoms with E-state index in [1.165, 1.54) is 12.1 Å². The van der Waals surface area contributed by atoms with Crippen molar-refractivity contribution in [1.82, 2.24) is 10.0 Å². The van der Waals surface area contributed by atoms with Crippen molar-refractivity contribution in [3.05, 3.63) is 54.1 Å². The fourth-order valence-corrected chi connectivity index (χ4v) is 8.06. The lowest BCUT2D eigenvalue weighted by Gasteiger charge is -2.31. The zero-order valence-corrected chi connectivity index (χ0v) is 27.4. The third-order valence-corrected chi connectivity index (χ3v) is 11.0. The van der Waals surface area contributed by atoms with E-state index in [1.54, 1.807) is 18.2 Å². The maximum atomic E-state index is 13.7. The minimum atomic E-state index is -3.99. The van der Waals surface area contributed by atoms with Gasteiger partial charge in [0.2, 0.25) is 5.91 Å². The Hall–Kier alpha value is -2.72. The zero-order valence-electron chi connectivity index (χ0n) is 25.8. The third kappa shape index (κ3) is 9.89. The molecule has 43 heavy (non-hydrogen) atoms. The predicted octanol–water partition coefficient (Wildman–Crippen LogP) is 6.05. The highest BCUT2D eigenvalue weighted by Crippen LogP contribution is 2.32. The molecule has 0 radical (unpaired) electrons. The number of hydrogen-bond donors (Lipinski definition) is 3. The van der Waals surface area contributed by atoms with Crippen LogP contribution in [-0.4, -0.2) is 57.4 Å². The van der Waals surface area contributed by atoms with Crippen LogP contribution in [-0.2, 0) is 14.8 Å². The number of sulfonamides is 1. The second kappa shape index (κ2) is 15.8. The second-order valence-corrected chi connectivity index (χ2v) is 15.3. The molecule has 2 aromatic carbocycles. The van der Waals surface area contributed by atoms with Gasteiger partial charge < -0.3 is 15.5 Å². The number of thioether (sulfide) groups is 1. The molecule has 2 aliphatic rings. The Morgan fingerprint density at radius 3 is 2.35 bits per heavy atom. The number of nitrogens with one attached hydrogen (secondary N) is 3. The van der Waals surface area contributed by atoms with E-state index in [-0.39, 0.29) is 23.1 Å².